The number of aromatic hydroxyl groups is 1. The lowest BCUT2D eigenvalue weighted by molar-refractivity contribution is -0.0501. The summed E-state index contributed by atoms with van der Waals surface area (Å²) in [6, 6.07) is 6.53. The summed E-state index contributed by atoms with van der Waals surface area (Å²) >= 11 is 0. The highest BCUT2D eigenvalue weighted by atomic mass is 16.6. The largest absolute Gasteiger partial charge is 0.507 e. The van der Waals surface area contributed by atoms with Crippen molar-refractivity contribution < 1.29 is 25.2 Å². The minimum Gasteiger partial charge on any atom is -0.507 e. The van der Waals surface area contributed by atoms with Gasteiger partial charge in [-0.3, -0.25) is 9.36 Å². The van der Waals surface area contributed by atoms with Crippen LogP contribution in [-0.2, 0) is 4.74 Å². The molecule has 4 atom stereocenters. The van der Waals surface area contributed by atoms with E-state index in [-0.39, 0.29) is 22.9 Å². The molecule has 0 amide bonds. The molecule has 152 valence electrons. The first-order chi connectivity index (χ1) is 14.0. The van der Waals surface area contributed by atoms with E-state index in [0.717, 1.165) is 0 Å². The summed E-state index contributed by atoms with van der Waals surface area (Å²) in [6.45, 7) is -0.510. The lowest BCUT2D eigenvalue weighted by Gasteiger charge is -2.18. The zero-order valence-electron chi connectivity index (χ0n) is 14.9. The highest BCUT2D eigenvalue weighted by Gasteiger charge is 2.45. The molecule has 0 aliphatic carbocycles. The highest BCUT2D eigenvalue weighted by molar-refractivity contribution is 5.83. The molecule has 6 N–H and O–H groups in total. The van der Waals surface area contributed by atoms with Crippen LogP contribution in [0.3, 0.4) is 0 Å². The van der Waals surface area contributed by atoms with Crippen LogP contribution in [0, 0.1) is 0 Å². The van der Waals surface area contributed by atoms with Gasteiger partial charge in [0.05, 0.1) is 19.1 Å². The molecule has 1 fully saturated rings. The van der Waals surface area contributed by atoms with Gasteiger partial charge in [0.2, 0.25) is 5.95 Å². The summed E-state index contributed by atoms with van der Waals surface area (Å²) < 4.78 is 6.81. The first-order valence-corrected chi connectivity index (χ1v) is 8.66. The summed E-state index contributed by atoms with van der Waals surface area (Å²) in [6.07, 6.45) is -2.44. The number of ether oxygens (including phenoxy) is 1. The van der Waals surface area contributed by atoms with Crippen LogP contribution in [0.4, 0.5) is 5.95 Å². The number of H-pyrrole nitrogens is 1. The number of nitrogens with one attached hydrogen (secondary N) is 2. The van der Waals surface area contributed by atoms with Crippen LogP contribution in [0.5, 0.6) is 5.75 Å². The Bertz CT molecular complexity index is 1110. The van der Waals surface area contributed by atoms with Crippen molar-refractivity contribution >= 4 is 23.3 Å². The molecule has 12 nitrogen and oxygen atoms in total. The molecule has 29 heavy (non-hydrogen) atoms. The van der Waals surface area contributed by atoms with Gasteiger partial charge in [0.15, 0.2) is 17.4 Å². The van der Waals surface area contributed by atoms with Crippen LogP contribution in [0.2, 0.25) is 0 Å². The van der Waals surface area contributed by atoms with Crippen molar-refractivity contribution in [1.82, 2.24) is 19.5 Å². The summed E-state index contributed by atoms with van der Waals surface area (Å²) in [7, 11) is 0. The van der Waals surface area contributed by atoms with Crippen molar-refractivity contribution in [2.24, 2.45) is 5.10 Å². The molecule has 1 saturated heterocycles. The average molecular weight is 402 g/mol. The molecule has 4 rings (SSSR count). The number of hydrazone groups is 1. The second-order valence-corrected chi connectivity index (χ2v) is 6.37. The number of anilines is 1. The Morgan fingerprint density at radius 2 is 2.10 bits per heavy atom. The van der Waals surface area contributed by atoms with Crippen molar-refractivity contribution in [2.45, 2.75) is 24.5 Å². The predicted molar refractivity (Wildman–Crippen MR) is 100 cm³/mol. The van der Waals surface area contributed by atoms with Crippen molar-refractivity contribution in [3.05, 3.63) is 46.5 Å². The zero-order valence-corrected chi connectivity index (χ0v) is 14.9. The number of aromatic amines is 1. The Balaban J connectivity index is 1.74. The molecular weight excluding hydrogens is 384 g/mol. The number of hydrogen-bond acceptors (Lipinski definition) is 10. The average Bonchev–Trinajstić information content (AvgIpc) is 3.22. The van der Waals surface area contributed by atoms with Crippen molar-refractivity contribution in [1.29, 1.82) is 0 Å². The molecule has 1 aromatic carbocycles. The number of aliphatic hydroxyl groups is 3. The normalized spacial score (nSPS) is 24.5. The summed E-state index contributed by atoms with van der Waals surface area (Å²) in [5.41, 5.74) is 2.60. The van der Waals surface area contributed by atoms with Gasteiger partial charge in [-0.1, -0.05) is 12.1 Å². The van der Waals surface area contributed by atoms with Gasteiger partial charge in [-0.25, -0.2) is 15.4 Å². The summed E-state index contributed by atoms with van der Waals surface area (Å²) in [5.74, 6) is 0.0267. The van der Waals surface area contributed by atoms with Crippen LogP contribution in [-0.4, -0.2) is 71.1 Å². The molecule has 2 aromatic heterocycles. The van der Waals surface area contributed by atoms with E-state index in [4.69, 9.17) is 4.74 Å². The number of aliphatic hydroxyl groups excluding tert-OH is 3. The first kappa shape index (κ1) is 19.0. The Morgan fingerprint density at radius 3 is 2.83 bits per heavy atom. The van der Waals surface area contributed by atoms with Crippen LogP contribution in [0.25, 0.3) is 11.2 Å². The lowest BCUT2D eigenvalue weighted by atomic mass is 10.1. The predicted octanol–water partition coefficient (Wildman–Crippen LogP) is -1.12. The maximum atomic E-state index is 12.1. The smallest absolute Gasteiger partial charge is 0.278 e. The number of phenolic OH excluding ortho intramolecular Hbond substituents is 1. The number of aromatic nitrogens is 4. The van der Waals surface area contributed by atoms with E-state index < -0.39 is 36.7 Å². The van der Waals surface area contributed by atoms with E-state index in [9.17, 15) is 25.2 Å². The van der Waals surface area contributed by atoms with Gasteiger partial charge in [0.25, 0.3) is 5.56 Å². The van der Waals surface area contributed by atoms with Crippen LogP contribution in [0.1, 0.15) is 11.8 Å². The fraction of sp³-hybridized carbons (Fsp3) is 0.294. The van der Waals surface area contributed by atoms with E-state index in [1.165, 1.54) is 23.2 Å². The third-order valence-electron chi connectivity index (χ3n) is 4.56. The number of rotatable bonds is 5. The summed E-state index contributed by atoms with van der Waals surface area (Å²) in [5, 5.41) is 43.6. The second-order valence-electron chi connectivity index (χ2n) is 6.37. The van der Waals surface area contributed by atoms with E-state index in [1.807, 2.05) is 0 Å². The van der Waals surface area contributed by atoms with E-state index in [2.05, 4.69) is 25.5 Å². The fourth-order valence-electron chi connectivity index (χ4n) is 3.09. The van der Waals surface area contributed by atoms with Gasteiger partial charge >= 0.3 is 0 Å². The number of hydrogen-bond donors (Lipinski definition) is 6. The molecule has 0 saturated carbocycles. The quantitative estimate of drug-likeness (QED) is 0.228. The molecule has 0 spiro atoms. The monoisotopic (exact) mass is 402 g/mol. The van der Waals surface area contributed by atoms with Gasteiger partial charge in [0.1, 0.15) is 24.1 Å². The number of imidazole rings is 1. The number of nitrogens with zero attached hydrogens (tertiary/aromatic N) is 4. The van der Waals surface area contributed by atoms with Crippen LogP contribution < -0.4 is 11.0 Å². The molecule has 3 heterocycles. The molecule has 0 radical (unpaired) electrons. The van der Waals surface area contributed by atoms with Crippen molar-refractivity contribution in [2.75, 3.05) is 12.0 Å². The van der Waals surface area contributed by atoms with Gasteiger partial charge in [0, 0.05) is 5.56 Å². The summed E-state index contributed by atoms with van der Waals surface area (Å²) in [4.78, 5) is 22.7. The van der Waals surface area contributed by atoms with Gasteiger partial charge in [-0.2, -0.15) is 5.10 Å². The van der Waals surface area contributed by atoms with E-state index in [0.29, 0.717) is 5.56 Å². The molecule has 4 unspecified atom stereocenters. The van der Waals surface area contributed by atoms with Crippen LogP contribution in [0.15, 0.2) is 40.5 Å². The topological polar surface area (TPSA) is 178 Å². The SMILES string of the molecule is O=c1[nH]cnc2c1nc(N/N=C/c1ccccc1O)n2C1OC(CO)C(O)C1O. The molecular formula is C17H18N6O6. The Hall–Kier alpha value is -3.32. The number of phenols is 1. The Kier molecular flexibility index (Phi) is 4.98. The van der Waals surface area contributed by atoms with Gasteiger partial charge in [-0.05, 0) is 12.1 Å². The van der Waals surface area contributed by atoms with Gasteiger partial charge < -0.3 is 30.1 Å². The molecule has 0 bridgehead atoms. The molecule has 1 aliphatic heterocycles. The molecule has 3 aromatic rings. The maximum absolute atomic E-state index is 12.1. The minimum atomic E-state index is -1.41. The maximum Gasteiger partial charge on any atom is 0.278 e. The Morgan fingerprint density at radius 1 is 1.31 bits per heavy atom. The zero-order chi connectivity index (χ0) is 20.5. The number of para-hydroxylation sites is 1. The molecule has 12 heteroatoms. The highest BCUT2D eigenvalue weighted by Crippen LogP contribution is 2.33. The van der Waals surface area contributed by atoms with E-state index >= 15 is 0 Å². The second kappa shape index (κ2) is 7.60. The Labute approximate surface area is 162 Å². The minimum absolute atomic E-state index is 0.00529. The fourth-order valence-corrected chi connectivity index (χ4v) is 3.09. The van der Waals surface area contributed by atoms with Crippen molar-refractivity contribution in [3.8, 4) is 5.75 Å². The third kappa shape index (κ3) is 3.34. The standard InChI is InChI=1S/C17H18N6O6/c24-6-10-12(26)13(27)16(29-10)23-14-11(15(28)19-7-18-14)21-17(23)22-20-5-8-3-1-2-4-9(8)25/h1-5,7,10,12-13,16,24-27H,6H2,(H,21,22)(H,18,19,28)/b20-5+. The first-order valence-electron chi connectivity index (χ1n) is 8.66. The van der Waals surface area contributed by atoms with E-state index in [1.54, 1.807) is 18.2 Å². The molecule has 1 aliphatic rings. The lowest BCUT2D eigenvalue weighted by Crippen LogP contribution is -2.33. The van der Waals surface area contributed by atoms with Gasteiger partial charge in [-0.15, -0.1) is 0 Å². The third-order valence-corrected chi connectivity index (χ3v) is 4.56. The van der Waals surface area contributed by atoms with Crippen molar-refractivity contribution in [3.63, 3.8) is 0 Å². The number of benzene rings is 1. The number of fused-ring (bicyclic) bond motifs is 1. The van der Waals surface area contributed by atoms with Crippen LogP contribution >= 0.6 is 0 Å².